The number of nitrogens with one attached hydrogen (secondary N) is 1. The van der Waals surface area contributed by atoms with Crippen molar-refractivity contribution in [1.29, 1.82) is 0 Å². The van der Waals surface area contributed by atoms with Crippen molar-refractivity contribution in [2.24, 2.45) is 0 Å². The topological polar surface area (TPSA) is 95.9 Å². The molecule has 0 bridgehead atoms. The highest BCUT2D eigenvalue weighted by Gasteiger charge is 2.24. The third-order valence-corrected chi connectivity index (χ3v) is 8.16. The zero-order valence-corrected chi connectivity index (χ0v) is 17.3. The number of aromatic carboxylic acids is 1. The molecule has 0 atom stereocenters. The Hall–Kier alpha value is -2.62. The highest BCUT2D eigenvalue weighted by Crippen LogP contribution is 2.37. The fraction of sp³-hybridized carbons (Fsp3) is 0.250. The third-order valence-electron chi connectivity index (χ3n) is 4.90. The second-order valence-corrected chi connectivity index (χ2v) is 9.68. The molecule has 1 saturated heterocycles. The molecular weight excluding hydrogens is 412 g/mol. The monoisotopic (exact) mass is 432 g/mol. The number of nitrogens with zero attached hydrogens (tertiary/aromatic N) is 1. The lowest BCUT2D eigenvalue weighted by molar-refractivity contribution is 0.0698. The summed E-state index contributed by atoms with van der Waals surface area (Å²) >= 11 is 1.18. The highest BCUT2D eigenvalue weighted by atomic mass is 32.2. The summed E-state index contributed by atoms with van der Waals surface area (Å²) in [7, 11) is -3.93. The number of para-hydroxylation sites is 1. The molecule has 0 amide bonds. The number of benzene rings is 2. The molecule has 4 rings (SSSR count). The summed E-state index contributed by atoms with van der Waals surface area (Å²) in [5, 5.41) is 10.2. The van der Waals surface area contributed by atoms with Gasteiger partial charge in [-0.2, -0.15) is 0 Å². The summed E-state index contributed by atoms with van der Waals surface area (Å²) in [6.07, 6.45) is 0. The summed E-state index contributed by atoms with van der Waals surface area (Å²) < 4.78 is 35.0. The van der Waals surface area contributed by atoms with Gasteiger partial charge in [0.05, 0.1) is 24.5 Å². The van der Waals surface area contributed by atoms with Crippen molar-refractivity contribution in [1.82, 2.24) is 0 Å². The van der Waals surface area contributed by atoms with E-state index in [0.29, 0.717) is 18.8 Å². The highest BCUT2D eigenvalue weighted by molar-refractivity contribution is 7.94. The summed E-state index contributed by atoms with van der Waals surface area (Å²) in [5.41, 5.74) is 1.64. The number of rotatable bonds is 5. The van der Waals surface area contributed by atoms with E-state index < -0.39 is 16.0 Å². The van der Waals surface area contributed by atoms with Crippen molar-refractivity contribution in [2.45, 2.75) is 11.1 Å². The number of hydrogen-bond donors (Lipinski definition) is 2. The number of anilines is 2. The van der Waals surface area contributed by atoms with Gasteiger partial charge in [-0.3, -0.25) is 4.72 Å². The predicted molar refractivity (Wildman–Crippen MR) is 114 cm³/mol. The number of thiophene rings is 1. The average Bonchev–Trinajstić information content (AvgIpc) is 3.05. The number of hydrogen-bond acceptors (Lipinski definition) is 6. The van der Waals surface area contributed by atoms with Gasteiger partial charge < -0.3 is 14.7 Å². The van der Waals surface area contributed by atoms with Crippen LogP contribution in [0.1, 0.15) is 15.9 Å². The maximum atomic E-state index is 13.0. The minimum Gasteiger partial charge on any atom is -0.478 e. The first-order valence-corrected chi connectivity index (χ1v) is 11.4. The van der Waals surface area contributed by atoms with Crippen LogP contribution in [0.5, 0.6) is 0 Å². The molecule has 1 aliphatic heterocycles. The van der Waals surface area contributed by atoms with Gasteiger partial charge in [0.25, 0.3) is 10.0 Å². The van der Waals surface area contributed by atoms with Crippen LogP contribution in [-0.4, -0.2) is 45.8 Å². The lowest BCUT2D eigenvalue weighted by atomic mass is 10.1. The van der Waals surface area contributed by atoms with E-state index in [2.05, 4.69) is 9.62 Å². The van der Waals surface area contributed by atoms with Crippen LogP contribution in [0.2, 0.25) is 0 Å². The lowest BCUT2D eigenvalue weighted by Crippen LogP contribution is -2.36. The normalized spacial score (nSPS) is 14.9. The lowest BCUT2D eigenvalue weighted by Gasteiger charge is -2.28. The van der Waals surface area contributed by atoms with Crippen molar-refractivity contribution < 1.29 is 23.1 Å². The Morgan fingerprint density at radius 3 is 2.62 bits per heavy atom. The van der Waals surface area contributed by atoms with E-state index in [4.69, 9.17) is 4.74 Å². The molecule has 29 heavy (non-hydrogen) atoms. The van der Waals surface area contributed by atoms with Crippen LogP contribution >= 0.6 is 11.3 Å². The van der Waals surface area contributed by atoms with Crippen LogP contribution in [0.4, 0.5) is 11.4 Å². The van der Waals surface area contributed by atoms with Crippen LogP contribution in [0.15, 0.2) is 46.7 Å². The van der Waals surface area contributed by atoms with E-state index in [9.17, 15) is 18.3 Å². The molecule has 0 saturated carbocycles. The van der Waals surface area contributed by atoms with Crippen LogP contribution in [0.3, 0.4) is 0 Å². The first-order chi connectivity index (χ1) is 13.9. The van der Waals surface area contributed by atoms with Crippen LogP contribution < -0.4 is 9.62 Å². The summed E-state index contributed by atoms with van der Waals surface area (Å²) in [6, 6.07) is 11.9. The number of aryl methyl sites for hydroxylation is 1. The molecule has 1 aliphatic rings. The van der Waals surface area contributed by atoms with Crippen molar-refractivity contribution in [2.75, 3.05) is 35.9 Å². The second-order valence-electron chi connectivity index (χ2n) is 6.75. The number of ether oxygens (including phenoxy) is 1. The number of carbonyl (C=O) groups is 1. The molecule has 1 fully saturated rings. The molecule has 0 aliphatic carbocycles. The van der Waals surface area contributed by atoms with E-state index >= 15 is 0 Å². The molecule has 152 valence electrons. The summed E-state index contributed by atoms with van der Waals surface area (Å²) in [4.78, 5) is 13.6. The van der Waals surface area contributed by atoms with Crippen molar-refractivity contribution >= 4 is 48.8 Å². The Morgan fingerprint density at radius 1 is 1.17 bits per heavy atom. The number of carboxylic acids is 1. The molecule has 2 heterocycles. The van der Waals surface area contributed by atoms with Gasteiger partial charge in [0, 0.05) is 23.5 Å². The molecule has 0 radical (unpaired) electrons. The van der Waals surface area contributed by atoms with Gasteiger partial charge in [-0.25, -0.2) is 13.2 Å². The maximum absolute atomic E-state index is 13.0. The minimum absolute atomic E-state index is 0.0471. The third kappa shape index (κ3) is 3.81. The standard InChI is InChI=1S/C20H20N2O5S2/c1-13-16-12-14(22-8-10-27-11-9-22)6-7-18(16)28-20(13)29(25,26)21-17-5-3-2-4-15(17)19(23)24/h2-7,12,21H,8-11H2,1H3,(H,23,24). The fourth-order valence-electron chi connectivity index (χ4n) is 3.41. The molecule has 0 unspecified atom stereocenters. The SMILES string of the molecule is Cc1c(S(=O)(=O)Nc2ccccc2C(=O)O)sc2ccc(N3CCOCC3)cc12. The molecular formula is C20H20N2O5S2. The van der Waals surface area contributed by atoms with Gasteiger partial charge in [0.2, 0.25) is 0 Å². The number of sulfonamides is 1. The molecule has 2 N–H and O–H groups in total. The van der Waals surface area contributed by atoms with Gasteiger partial charge in [0.1, 0.15) is 4.21 Å². The summed E-state index contributed by atoms with van der Waals surface area (Å²) in [5.74, 6) is -1.19. The van der Waals surface area contributed by atoms with Gasteiger partial charge in [-0.15, -0.1) is 11.3 Å². The first kappa shape index (κ1) is 19.7. The molecule has 3 aromatic rings. The van der Waals surface area contributed by atoms with E-state index in [0.717, 1.165) is 28.9 Å². The number of carboxylic acid groups (broad SMARTS) is 1. The van der Waals surface area contributed by atoms with Crippen molar-refractivity contribution in [3.8, 4) is 0 Å². The Balaban J connectivity index is 1.71. The molecule has 9 heteroatoms. The molecule has 1 aromatic heterocycles. The first-order valence-electron chi connectivity index (χ1n) is 9.08. The van der Waals surface area contributed by atoms with Gasteiger partial charge >= 0.3 is 5.97 Å². The Kier molecular flexibility index (Phi) is 5.20. The smallest absolute Gasteiger partial charge is 0.337 e. The van der Waals surface area contributed by atoms with Crippen LogP contribution in [-0.2, 0) is 14.8 Å². The minimum atomic E-state index is -3.93. The van der Waals surface area contributed by atoms with Crippen molar-refractivity contribution in [3.05, 3.63) is 53.6 Å². The quantitative estimate of drug-likeness (QED) is 0.640. The van der Waals surface area contributed by atoms with Crippen molar-refractivity contribution in [3.63, 3.8) is 0 Å². The van der Waals surface area contributed by atoms with Gasteiger partial charge in [-0.05, 0) is 48.2 Å². The number of fused-ring (bicyclic) bond motifs is 1. The second kappa shape index (κ2) is 7.66. The zero-order valence-electron chi connectivity index (χ0n) is 15.7. The number of morpholine rings is 1. The van der Waals surface area contributed by atoms with Crippen LogP contribution in [0, 0.1) is 6.92 Å². The predicted octanol–water partition coefficient (Wildman–Crippen LogP) is 3.55. The maximum Gasteiger partial charge on any atom is 0.337 e. The molecule has 0 spiro atoms. The summed E-state index contributed by atoms with van der Waals surface area (Å²) in [6.45, 7) is 4.72. The Bertz CT molecular complexity index is 1180. The fourth-order valence-corrected chi connectivity index (χ4v) is 6.24. The van der Waals surface area contributed by atoms with Crippen LogP contribution in [0.25, 0.3) is 10.1 Å². The molecule has 7 nitrogen and oxygen atoms in total. The van der Waals surface area contributed by atoms with Gasteiger partial charge in [0.15, 0.2) is 0 Å². The van der Waals surface area contributed by atoms with E-state index in [-0.39, 0.29) is 15.5 Å². The zero-order chi connectivity index (χ0) is 20.6. The van der Waals surface area contributed by atoms with E-state index in [1.54, 1.807) is 19.1 Å². The largest absolute Gasteiger partial charge is 0.478 e. The van der Waals surface area contributed by atoms with E-state index in [1.165, 1.54) is 23.5 Å². The Morgan fingerprint density at radius 2 is 1.90 bits per heavy atom. The van der Waals surface area contributed by atoms with Gasteiger partial charge in [-0.1, -0.05) is 12.1 Å². The molecule has 2 aromatic carbocycles. The average molecular weight is 433 g/mol. The van der Waals surface area contributed by atoms with E-state index in [1.807, 2.05) is 18.2 Å². The Labute approximate surface area is 172 Å².